The molecule has 0 atom stereocenters. The average molecular weight is 428 g/mol. The van der Waals surface area contributed by atoms with Crippen LogP contribution in [-0.2, 0) is 6.54 Å². The number of amides is 1. The van der Waals surface area contributed by atoms with Gasteiger partial charge in [-0.1, -0.05) is 33.8 Å². The summed E-state index contributed by atoms with van der Waals surface area (Å²) in [6.07, 6.45) is 1.52. The molecular weight excluding hydrogens is 402 g/mol. The molecule has 0 saturated carbocycles. The second kappa shape index (κ2) is 11.0. The van der Waals surface area contributed by atoms with Crippen LogP contribution in [-0.4, -0.2) is 23.0 Å². The molecular formula is C23H26F2N4O2. The van der Waals surface area contributed by atoms with E-state index in [0.717, 1.165) is 12.1 Å². The minimum Gasteiger partial charge on any atom is -0.495 e. The highest BCUT2D eigenvalue weighted by Crippen LogP contribution is 2.33. The van der Waals surface area contributed by atoms with Gasteiger partial charge in [0.25, 0.3) is 5.91 Å². The number of halogens is 2. The number of rotatable bonds is 4. The molecule has 0 bridgehead atoms. The first-order chi connectivity index (χ1) is 15.1. The zero-order valence-electron chi connectivity index (χ0n) is 18.2. The van der Waals surface area contributed by atoms with E-state index in [2.05, 4.69) is 20.6 Å². The quantitative estimate of drug-likeness (QED) is 0.576. The zero-order chi connectivity index (χ0) is 23.0. The molecule has 3 heterocycles. The number of nitrogens with one attached hydrogen (secondary N) is 2. The number of methoxy groups -OCH3 is 1. The lowest BCUT2D eigenvalue weighted by atomic mass is 10.1. The fourth-order valence-corrected chi connectivity index (χ4v) is 2.91. The van der Waals surface area contributed by atoms with Crippen LogP contribution in [0.3, 0.4) is 0 Å². The van der Waals surface area contributed by atoms with Crippen LogP contribution in [0.2, 0.25) is 0 Å². The third kappa shape index (κ3) is 5.14. The summed E-state index contributed by atoms with van der Waals surface area (Å²) in [7, 11) is 1.53. The van der Waals surface area contributed by atoms with E-state index >= 15 is 0 Å². The van der Waals surface area contributed by atoms with E-state index in [0.29, 0.717) is 28.5 Å². The van der Waals surface area contributed by atoms with Crippen LogP contribution in [0.1, 0.15) is 43.7 Å². The third-order valence-electron chi connectivity index (χ3n) is 4.19. The molecule has 164 valence electrons. The first-order valence-electron chi connectivity index (χ1n) is 10.1. The first kappa shape index (κ1) is 23.7. The zero-order valence-corrected chi connectivity index (χ0v) is 18.2. The molecule has 1 aromatic carbocycles. The predicted molar refractivity (Wildman–Crippen MR) is 118 cm³/mol. The Bertz CT molecular complexity index is 1020. The fourth-order valence-electron chi connectivity index (χ4n) is 2.91. The Morgan fingerprint density at radius 1 is 1.03 bits per heavy atom. The van der Waals surface area contributed by atoms with Crippen LogP contribution < -0.4 is 15.4 Å². The molecule has 0 radical (unpaired) electrons. The van der Waals surface area contributed by atoms with Crippen molar-refractivity contribution in [2.45, 2.75) is 34.2 Å². The summed E-state index contributed by atoms with van der Waals surface area (Å²) in [5, 5.41) is 5.69. The average Bonchev–Trinajstić information content (AvgIpc) is 3.18. The van der Waals surface area contributed by atoms with E-state index in [1.165, 1.54) is 25.4 Å². The Hall–Kier alpha value is -3.55. The molecule has 2 N–H and O–H groups in total. The van der Waals surface area contributed by atoms with Crippen molar-refractivity contribution in [2.75, 3.05) is 12.4 Å². The monoisotopic (exact) mass is 428 g/mol. The number of hydrogen-bond donors (Lipinski definition) is 2. The van der Waals surface area contributed by atoms with Crippen molar-refractivity contribution < 1.29 is 18.3 Å². The first-order valence-corrected chi connectivity index (χ1v) is 10.1. The van der Waals surface area contributed by atoms with Crippen molar-refractivity contribution in [3.63, 3.8) is 0 Å². The summed E-state index contributed by atoms with van der Waals surface area (Å²) >= 11 is 0. The molecule has 2 aromatic heterocycles. The largest absolute Gasteiger partial charge is 0.495 e. The number of anilines is 2. The molecule has 0 saturated heterocycles. The Labute approximate surface area is 180 Å². The summed E-state index contributed by atoms with van der Waals surface area (Å²) in [4.78, 5) is 20.7. The molecule has 31 heavy (non-hydrogen) atoms. The van der Waals surface area contributed by atoms with E-state index in [-0.39, 0.29) is 23.7 Å². The van der Waals surface area contributed by atoms with Crippen molar-refractivity contribution >= 4 is 17.4 Å². The lowest BCUT2D eigenvalue weighted by Gasteiger charge is -2.13. The molecule has 1 aliphatic heterocycles. The summed E-state index contributed by atoms with van der Waals surface area (Å²) in [5.74, 6) is -0.744. The molecule has 4 rings (SSSR count). The second-order valence-corrected chi connectivity index (χ2v) is 5.86. The number of ether oxygens (including phenoxy) is 1. The van der Waals surface area contributed by atoms with Crippen molar-refractivity contribution in [3.05, 3.63) is 65.5 Å². The van der Waals surface area contributed by atoms with Gasteiger partial charge in [0, 0.05) is 0 Å². The molecule has 1 amide bonds. The van der Waals surface area contributed by atoms with Crippen LogP contribution in [0.15, 0.2) is 42.6 Å². The lowest BCUT2D eigenvalue weighted by Crippen LogP contribution is -2.13. The van der Waals surface area contributed by atoms with Crippen LogP contribution >= 0.6 is 0 Å². The molecule has 0 unspecified atom stereocenters. The Balaban J connectivity index is 0.000000807. The summed E-state index contributed by atoms with van der Waals surface area (Å²) < 4.78 is 33.5. The highest BCUT2D eigenvalue weighted by atomic mass is 19.1. The van der Waals surface area contributed by atoms with E-state index in [1.54, 1.807) is 12.1 Å². The van der Waals surface area contributed by atoms with Crippen molar-refractivity contribution in [3.8, 4) is 17.0 Å². The van der Waals surface area contributed by atoms with Gasteiger partial charge in [0.05, 0.1) is 48.1 Å². The topological polar surface area (TPSA) is 76.1 Å². The highest BCUT2D eigenvalue weighted by Gasteiger charge is 2.27. The van der Waals surface area contributed by atoms with Gasteiger partial charge in [-0.15, -0.1) is 0 Å². The van der Waals surface area contributed by atoms with E-state index in [4.69, 9.17) is 4.74 Å². The molecule has 0 fully saturated rings. The second-order valence-electron chi connectivity index (χ2n) is 5.86. The Kier molecular flexibility index (Phi) is 8.43. The number of nitrogens with zero attached hydrogens (tertiary/aromatic N) is 2. The van der Waals surface area contributed by atoms with Gasteiger partial charge in [0.15, 0.2) is 0 Å². The maximum absolute atomic E-state index is 14.2. The molecule has 3 aromatic rings. The van der Waals surface area contributed by atoms with Crippen molar-refractivity contribution in [2.24, 2.45) is 0 Å². The van der Waals surface area contributed by atoms with E-state index < -0.39 is 11.6 Å². The van der Waals surface area contributed by atoms with Crippen LogP contribution in [0, 0.1) is 11.6 Å². The normalized spacial score (nSPS) is 11.3. The molecule has 6 nitrogen and oxygen atoms in total. The van der Waals surface area contributed by atoms with Crippen molar-refractivity contribution in [1.29, 1.82) is 0 Å². The summed E-state index contributed by atoms with van der Waals surface area (Å²) in [6.45, 7) is 8.18. The van der Waals surface area contributed by atoms with Gasteiger partial charge in [0.2, 0.25) is 0 Å². The van der Waals surface area contributed by atoms with Gasteiger partial charge >= 0.3 is 0 Å². The van der Waals surface area contributed by atoms with Gasteiger partial charge in [-0.3, -0.25) is 4.79 Å². The number of benzene rings is 1. The molecule has 0 spiro atoms. The van der Waals surface area contributed by atoms with Gasteiger partial charge in [-0.25, -0.2) is 18.7 Å². The van der Waals surface area contributed by atoms with E-state index in [9.17, 15) is 13.6 Å². The standard InChI is InChI=1S/C19H14F2N4O2.2C2H6/c1-27-10-5-6-16(22-8-10)25-14-7-13(17-11(20)3-2-4-12(17)21)24-15-9-23-19(26)18(14)15;2*1-2/h2-8H,9H2,1H3,(H,23,26)(H,22,24,25);2*1-2H3. The number of carbonyl (C=O) groups is 1. The summed E-state index contributed by atoms with van der Waals surface area (Å²) in [6, 6.07) is 8.42. The van der Waals surface area contributed by atoms with Crippen LogP contribution in [0.5, 0.6) is 5.75 Å². The fraction of sp³-hybridized carbons (Fsp3) is 0.261. The maximum atomic E-state index is 14.2. The maximum Gasteiger partial charge on any atom is 0.255 e. The van der Waals surface area contributed by atoms with Gasteiger partial charge in [0.1, 0.15) is 23.2 Å². The Morgan fingerprint density at radius 3 is 2.29 bits per heavy atom. The van der Waals surface area contributed by atoms with Crippen molar-refractivity contribution in [1.82, 2.24) is 15.3 Å². The van der Waals surface area contributed by atoms with E-state index in [1.807, 2.05) is 27.7 Å². The minimum atomic E-state index is -0.728. The smallest absolute Gasteiger partial charge is 0.255 e. The van der Waals surface area contributed by atoms with Crippen LogP contribution in [0.25, 0.3) is 11.3 Å². The van der Waals surface area contributed by atoms with Gasteiger partial charge < -0.3 is 15.4 Å². The van der Waals surface area contributed by atoms with Crippen LogP contribution in [0.4, 0.5) is 20.3 Å². The lowest BCUT2D eigenvalue weighted by molar-refractivity contribution is 0.0966. The SMILES string of the molecule is CC.CC.COc1ccc(Nc2cc(-c3c(F)cccc3F)nc3c2C(=O)NC3)nc1. The number of carbonyl (C=O) groups excluding carboxylic acids is 1. The summed E-state index contributed by atoms with van der Waals surface area (Å²) in [5.41, 5.74) is 0.955. The third-order valence-corrected chi connectivity index (χ3v) is 4.19. The number of pyridine rings is 2. The highest BCUT2D eigenvalue weighted by molar-refractivity contribution is 6.04. The van der Waals surface area contributed by atoms with Gasteiger partial charge in [-0.2, -0.15) is 0 Å². The number of aromatic nitrogens is 2. The minimum absolute atomic E-state index is 0.0943. The molecule has 1 aliphatic rings. The molecule has 0 aliphatic carbocycles. The number of hydrogen-bond acceptors (Lipinski definition) is 5. The predicted octanol–water partition coefficient (Wildman–Crippen LogP) is 5.47. The number of fused-ring (bicyclic) bond motifs is 1. The molecule has 8 heteroatoms. The Morgan fingerprint density at radius 2 is 1.71 bits per heavy atom. The van der Waals surface area contributed by atoms with Gasteiger partial charge in [-0.05, 0) is 30.3 Å².